The van der Waals surface area contributed by atoms with Crippen molar-refractivity contribution in [1.82, 2.24) is 35.1 Å². The largest absolute Gasteiger partial charge is 0.465 e. The molecule has 1 saturated heterocycles. The molecule has 2 aromatic heterocycles. The summed E-state index contributed by atoms with van der Waals surface area (Å²) in [7, 11) is -3.73. The SMILES string of the molecule is CCCCOC(=O)[C@H](C)NP(=O)(/C=C/[C@@H]1C[C@@H](O)[C@H](n2nnc3c(N)ncnc32)O1)N[C@@H](C)C(=O)OCCCC. The molecule has 1 aliphatic rings. The maximum Gasteiger partial charge on any atom is 0.323 e. The lowest BCUT2D eigenvalue weighted by Gasteiger charge is -2.24. The number of anilines is 1. The molecule has 3 heterocycles. The first-order valence-electron chi connectivity index (χ1n) is 13.4. The summed E-state index contributed by atoms with van der Waals surface area (Å²) in [5, 5.41) is 24.2. The molecule has 2 aromatic rings. The third-order valence-electron chi connectivity index (χ3n) is 6.12. The zero-order valence-electron chi connectivity index (χ0n) is 23.2. The third-order valence-corrected chi connectivity index (χ3v) is 8.25. The first-order valence-corrected chi connectivity index (χ1v) is 15.2. The van der Waals surface area contributed by atoms with E-state index in [0.717, 1.165) is 12.8 Å². The number of aromatic nitrogens is 5. The van der Waals surface area contributed by atoms with Crippen LogP contribution in [0.1, 0.15) is 66.0 Å². The molecule has 15 nitrogen and oxygen atoms in total. The van der Waals surface area contributed by atoms with Crippen LogP contribution in [0.2, 0.25) is 0 Å². The second-order valence-electron chi connectivity index (χ2n) is 9.58. The molecule has 0 unspecified atom stereocenters. The molecule has 0 saturated carbocycles. The quantitative estimate of drug-likeness (QED) is 0.134. The van der Waals surface area contributed by atoms with Crippen LogP contribution >= 0.6 is 7.44 Å². The van der Waals surface area contributed by atoms with Crippen molar-refractivity contribution >= 4 is 36.4 Å². The average molecular weight is 583 g/mol. The van der Waals surface area contributed by atoms with Crippen molar-refractivity contribution < 1.29 is 33.5 Å². The molecule has 222 valence electrons. The summed E-state index contributed by atoms with van der Waals surface area (Å²) in [6.07, 6.45) is 3.41. The number of carbonyl (C=O) groups is 2. The minimum absolute atomic E-state index is 0.142. The number of aliphatic hydroxyl groups is 1. The summed E-state index contributed by atoms with van der Waals surface area (Å²) in [5.74, 6) is 0.309. The second-order valence-corrected chi connectivity index (χ2v) is 11.7. The fourth-order valence-corrected chi connectivity index (χ4v) is 5.93. The molecule has 16 heteroatoms. The Bertz CT molecular complexity index is 1190. The highest BCUT2D eigenvalue weighted by Crippen LogP contribution is 2.41. The predicted octanol–water partition coefficient (Wildman–Crippen LogP) is 1.80. The minimum Gasteiger partial charge on any atom is -0.465 e. The second kappa shape index (κ2) is 14.6. The van der Waals surface area contributed by atoms with E-state index < -0.39 is 49.9 Å². The fraction of sp³-hybridized carbons (Fsp3) is 0.667. The van der Waals surface area contributed by atoms with Crippen LogP contribution in [0.5, 0.6) is 0 Å². The van der Waals surface area contributed by atoms with Gasteiger partial charge in [-0.15, -0.1) is 5.10 Å². The molecule has 5 N–H and O–H groups in total. The van der Waals surface area contributed by atoms with E-state index in [2.05, 4.69) is 30.5 Å². The summed E-state index contributed by atoms with van der Waals surface area (Å²) >= 11 is 0. The fourth-order valence-electron chi connectivity index (χ4n) is 3.88. The number of carbonyl (C=O) groups excluding carboxylic acids is 2. The number of hydrogen-bond acceptors (Lipinski definition) is 12. The number of nitrogen functional groups attached to an aromatic ring is 1. The van der Waals surface area contributed by atoms with E-state index in [-0.39, 0.29) is 31.0 Å². The third kappa shape index (κ3) is 8.27. The van der Waals surface area contributed by atoms with Crippen LogP contribution in [0.3, 0.4) is 0 Å². The van der Waals surface area contributed by atoms with E-state index in [9.17, 15) is 19.3 Å². The van der Waals surface area contributed by atoms with E-state index in [1.165, 1.54) is 36.7 Å². The Labute approximate surface area is 232 Å². The molecule has 0 spiro atoms. The maximum atomic E-state index is 14.0. The summed E-state index contributed by atoms with van der Waals surface area (Å²) in [6.45, 7) is 7.49. The first-order chi connectivity index (χ1) is 19.1. The summed E-state index contributed by atoms with van der Waals surface area (Å²) in [4.78, 5) is 32.9. The van der Waals surface area contributed by atoms with Crippen molar-refractivity contribution in [3.8, 4) is 0 Å². The predicted molar refractivity (Wildman–Crippen MR) is 146 cm³/mol. The lowest BCUT2D eigenvalue weighted by atomic mass is 10.2. The molecule has 40 heavy (non-hydrogen) atoms. The van der Waals surface area contributed by atoms with Gasteiger partial charge >= 0.3 is 11.9 Å². The van der Waals surface area contributed by atoms with Gasteiger partial charge in [-0.05, 0) is 32.8 Å². The Balaban J connectivity index is 1.75. The van der Waals surface area contributed by atoms with Crippen LogP contribution in [-0.2, 0) is 28.4 Å². The van der Waals surface area contributed by atoms with Gasteiger partial charge in [-0.3, -0.25) is 14.2 Å². The monoisotopic (exact) mass is 582 g/mol. The number of nitrogens with zero attached hydrogens (tertiary/aromatic N) is 5. The zero-order valence-corrected chi connectivity index (χ0v) is 24.1. The molecule has 0 aromatic carbocycles. The first kappa shape index (κ1) is 31.6. The lowest BCUT2D eigenvalue weighted by molar-refractivity contribution is -0.145. The van der Waals surface area contributed by atoms with Gasteiger partial charge in [-0.1, -0.05) is 31.9 Å². The molecule has 3 rings (SSSR count). The van der Waals surface area contributed by atoms with E-state index in [4.69, 9.17) is 19.9 Å². The molecule has 1 fully saturated rings. The molecule has 0 aliphatic carbocycles. The van der Waals surface area contributed by atoms with E-state index >= 15 is 0 Å². The number of nitrogens with one attached hydrogen (secondary N) is 2. The highest BCUT2D eigenvalue weighted by Gasteiger charge is 2.37. The number of hydrogen-bond donors (Lipinski definition) is 4. The van der Waals surface area contributed by atoms with Crippen LogP contribution in [0.15, 0.2) is 18.2 Å². The van der Waals surface area contributed by atoms with Crippen LogP contribution < -0.4 is 15.9 Å². The van der Waals surface area contributed by atoms with Crippen LogP contribution in [-0.4, -0.2) is 79.5 Å². The number of rotatable bonds is 15. The Hall–Kier alpha value is -2.97. The molecule has 0 bridgehead atoms. The molecular weight excluding hydrogens is 543 g/mol. The van der Waals surface area contributed by atoms with Crippen LogP contribution in [0, 0.1) is 0 Å². The van der Waals surface area contributed by atoms with Gasteiger partial charge in [0.15, 0.2) is 23.2 Å². The summed E-state index contributed by atoms with van der Waals surface area (Å²) in [5.41, 5.74) is 6.39. The Kier molecular flexibility index (Phi) is 11.5. The Morgan fingerprint density at radius 1 is 1.18 bits per heavy atom. The van der Waals surface area contributed by atoms with Crippen molar-refractivity contribution in [2.75, 3.05) is 18.9 Å². The van der Waals surface area contributed by atoms with Crippen molar-refractivity contribution in [3.63, 3.8) is 0 Å². The van der Waals surface area contributed by atoms with E-state index in [0.29, 0.717) is 18.5 Å². The Morgan fingerprint density at radius 3 is 2.35 bits per heavy atom. The van der Waals surface area contributed by atoms with Crippen molar-refractivity contribution in [2.24, 2.45) is 0 Å². The average Bonchev–Trinajstić information content (AvgIpc) is 3.51. The highest BCUT2D eigenvalue weighted by atomic mass is 31.2. The molecule has 0 amide bonds. The number of ether oxygens (including phenoxy) is 3. The Morgan fingerprint density at radius 2 is 1.77 bits per heavy atom. The minimum atomic E-state index is -3.73. The van der Waals surface area contributed by atoms with Gasteiger partial charge < -0.3 is 25.1 Å². The van der Waals surface area contributed by atoms with Crippen molar-refractivity contribution in [3.05, 3.63) is 18.2 Å². The number of unbranched alkanes of at least 4 members (excludes halogenated alkanes) is 2. The molecule has 5 atom stereocenters. The van der Waals surface area contributed by atoms with Gasteiger partial charge in [0.1, 0.15) is 24.5 Å². The number of nitrogens with two attached hydrogens (primary N) is 1. The van der Waals surface area contributed by atoms with Gasteiger partial charge in [0, 0.05) is 12.2 Å². The van der Waals surface area contributed by atoms with E-state index in [1.807, 2.05) is 13.8 Å². The van der Waals surface area contributed by atoms with Crippen molar-refractivity contribution in [2.45, 2.75) is 90.3 Å². The van der Waals surface area contributed by atoms with E-state index in [1.54, 1.807) is 0 Å². The number of aliphatic hydroxyl groups excluding tert-OH is 1. The van der Waals surface area contributed by atoms with Gasteiger partial charge in [-0.2, -0.15) is 4.68 Å². The van der Waals surface area contributed by atoms with Gasteiger partial charge in [0.05, 0.1) is 19.3 Å². The standard InChI is InChI=1S/C24H39N8O7P/c1-5-7-10-37-23(34)15(3)29-40(36,30-16(4)24(35)38-11-8-6-2)12-9-17-13-18(33)22(39-17)32-21-19(28-31-32)20(25)26-14-27-21/h9,12,14-18,22,33H,5-8,10-11,13H2,1-4H3,(H2,25,26,27)(H2,29,30,36)/b12-9+/t15-,16-,17+,18+,22+/m0/s1. The number of esters is 2. The molecule has 0 radical (unpaired) electrons. The van der Waals surface area contributed by atoms with Gasteiger partial charge in [0.2, 0.25) is 7.44 Å². The summed E-state index contributed by atoms with van der Waals surface area (Å²) < 4.78 is 31.7. The zero-order chi connectivity index (χ0) is 29.3. The smallest absolute Gasteiger partial charge is 0.323 e. The maximum absolute atomic E-state index is 14.0. The van der Waals surface area contributed by atoms with Crippen molar-refractivity contribution in [1.29, 1.82) is 0 Å². The summed E-state index contributed by atoms with van der Waals surface area (Å²) in [6, 6.07) is -1.89. The van der Waals surface area contributed by atoms with Gasteiger partial charge in [0.25, 0.3) is 0 Å². The highest BCUT2D eigenvalue weighted by molar-refractivity contribution is 7.63. The topological polar surface area (TPSA) is 206 Å². The lowest BCUT2D eigenvalue weighted by Crippen LogP contribution is -2.41. The molecule has 1 aliphatic heterocycles. The number of fused-ring (bicyclic) bond motifs is 1. The normalized spacial score (nSPS) is 21.1. The van der Waals surface area contributed by atoms with Gasteiger partial charge in [-0.25, -0.2) is 20.1 Å². The van der Waals surface area contributed by atoms with Crippen LogP contribution in [0.25, 0.3) is 11.2 Å². The molecular formula is C24H39N8O7P. The van der Waals surface area contributed by atoms with Crippen LogP contribution in [0.4, 0.5) is 5.82 Å².